The Hall–Kier alpha value is -2.25. The van der Waals surface area contributed by atoms with Crippen LogP contribution in [-0.2, 0) is 13.1 Å². The predicted octanol–water partition coefficient (Wildman–Crippen LogP) is 0.949. The van der Waals surface area contributed by atoms with Crippen LogP contribution < -0.4 is 16.6 Å². The molecule has 118 valence electrons. The quantitative estimate of drug-likeness (QED) is 0.766. The zero-order chi connectivity index (χ0) is 16.8. The van der Waals surface area contributed by atoms with Crippen molar-refractivity contribution in [1.29, 1.82) is 5.26 Å². The Kier molecular flexibility index (Phi) is 5.83. The molecule has 6 nitrogen and oxygen atoms in total. The predicted molar refractivity (Wildman–Crippen MR) is 89.9 cm³/mol. The number of anilines is 1. The summed E-state index contributed by atoms with van der Waals surface area (Å²) in [5.41, 5.74) is 0.566. The summed E-state index contributed by atoms with van der Waals surface area (Å²) in [6.45, 7) is 2.94. The van der Waals surface area contributed by atoms with Gasteiger partial charge in [-0.25, -0.2) is 0 Å². The number of nitriles is 1. The summed E-state index contributed by atoms with van der Waals surface area (Å²) in [4.78, 5) is 24.6. The number of aromatic nitrogens is 2. The third-order valence-electron chi connectivity index (χ3n) is 3.48. The fraction of sp³-hybridized carbons (Fsp3) is 0.312. The van der Waals surface area contributed by atoms with Gasteiger partial charge in [-0.2, -0.15) is 0 Å². The van der Waals surface area contributed by atoms with Crippen LogP contribution in [-0.4, -0.2) is 32.5 Å². The first-order valence-electron chi connectivity index (χ1n) is 7.29. The first kappa shape index (κ1) is 17.1. The summed E-state index contributed by atoms with van der Waals surface area (Å²) in [5.74, 6) is 0.475. The van der Waals surface area contributed by atoms with Gasteiger partial charge in [-0.05, 0) is 0 Å². The average Bonchev–Trinajstić information content (AvgIpc) is 2.56. The standard InChI is InChI=1S/C16H17AsN4O2/c1-2-20-15(22)9-14(19-8-7-17)21(16(20)23)11-13-6-4-3-5-12(13)10-18/h3-6,9,19H,2,7-8,11H2,1H3. The van der Waals surface area contributed by atoms with E-state index in [4.69, 9.17) is 0 Å². The molecule has 1 heterocycles. The summed E-state index contributed by atoms with van der Waals surface area (Å²) >= 11 is 2.44. The van der Waals surface area contributed by atoms with E-state index in [9.17, 15) is 14.9 Å². The zero-order valence-corrected chi connectivity index (χ0v) is 14.7. The van der Waals surface area contributed by atoms with E-state index in [1.807, 2.05) is 12.1 Å². The van der Waals surface area contributed by atoms with Gasteiger partial charge in [0.1, 0.15) is 0 Å². The zero-order valence-electron chi connectivity index (χ0n) is 12.8. The molecule has 1 aromatic heterocycles. The summed E-state index contributed by atoms with van der Waals surface area (Å²) < 4.78 is 2.69. The van der Waals surface area contributed by atoms with Crippen molar-refractivity contribution in [2.45, 2.75) is 25.2 Å². The molecular weight excluding hydrogens is 355 g/mol. The topological polar surface area (TPSA) is 79.8 Å². The van der Waals surface area contributed by atoms with Crippen LogP contribution in [0.2, 0.25) is 5.21 Å². The Labute approximate surface area is 142 Å². The first-order chi connectivity index (χ1) is 11.1. The Balaban J connectivity index is 2.57. The molecule has 0 unspecified atom stereocenters. The second kappa shape index (κ2) is 7.84. The summed E-state index contributed by atoms with van der Waals surface area (Å²) in [5, 5.41) is 13.1. The molecule has 0 fully saturated rings. The van der Waals surface area contributed by atoms with Crippen LogP contribution in [0.25, 0.3) is 0 Å². The van der Waals surface area contributed by atoms with Gasteiger partial charge in [0.2, 0.25) is 0 Å². The normalized spacial score (nSPS) is 10.3. The molecule has 0 amide bonds. The average molecular weight is 372 g/mol. The molecule has 0 atom stereocenters. The molecule has 23 heavy (non-hydrogen) atoms. The molecule has 0 saturated heterocycles. The molecule has 0 aliphatic carbocycles. The number of benzene rings is 1. The van der Waals surface area contributed by atoms with Crippen molar-refractivity contribution in [3.05, 3.63) is 62.3 Å². The Bertz CT molecular complexity index is 848. The molecule has 0 aliphatic rings. The maximum atomic E-state index is 12.6. The minimum atomic E-state index is -0.374. The van der Waals surface area contributed by atoms with Crippen LogP contribution in [0.4, 0.5) is 5.82 Å². The van der Waals surface area contributed by atoms with E-state index in [1.54, 1.807) is 19.1 Å². The monoisotopic (exact) mass is 372 g/mol. The second-order valence-corrected chi connectivity index (χ2v) is 5.84. The number of hydrogen-bond acceptors (Lipinski definition) is 4. The second-order valence-electron chi connectivity index (χ2n) is 4.90. The molecular formula is C16H17AsN4O2. The van der Waals surface area contributed by atoms with E-state index in [2.05, 4.69) is 28.2 Å². The van der Waals surface area contributed by atoms with E-state index in [-0.39, 0.29) is 17.8 Å². The van der Waals surface area contributed by atoms with Crippen LogP contribution >= 0.6 is 0 Å². The molecule has 7 heteroatoms. The van der Waals surface area contributed by atoms with E-state index < -0.39 is 0 Å². The van der Waals surface area contributed by atoms with Crippen LogP contribution in [0.5, 0.6) is 0 Å². The van der Waals surface area contributed by atoms with Gasteiger partial charge in [0.15, 0.2) is 0 Å². The Morgan fingerprint density at radius 2 is 2.00 bits per heavy atom. The van der Waals surface area contributed by atoms with Crippen LogP contribution in [0.1, 0.15) is 18.1 Å². The van der Waals surface area contributed by atoms with Crippen molar-refractivity contribution >= 4 is 22.7 Å². The molecule has 2 rings (SSSR count). The molecule has 0 saturated carbocycles. The minimum absolute atomic E-state index is 0.240. The van der Waals surface area contributed by atoms with Gasteiger partial charge in [-0.3, -0.25) is 0 Å². The van der Waals surface area contributed by atoms with Gasteiger partial charge in [-0.1, -0.05) is 0 Å². The summed E-state index contributed by atoms with van der Waals surface area (Å²) in [7, 11) is 0. The van der Waals surface area contributed by atoms with Crippen molar-refractivity contribution < 1.29 is 0 Å². The van der Waals surface area contributed by atoms with Gasteiger partial charge in [0.25, 0.3) is 0 Å². The van der Waals surface area contributed by atoms with Crippen molar-refractivity contribution in [1.82, 2.24) is 9.13 Å². The molecule has 1 aromatic carbocycles. The SMILES string of the molecule is CCn1c(=O)cc(NCC[As])n(Cc2ccccc2C#N)c1=O. The van der Waals surface area contributed by atoms with Crippen molar-refractivity contribution in [3.63, 3.8) is 0 Å². The van der Waals surface area contributed by atoms with Crippen molar-refractivity contribution in [2.75, 3.05) is 11.9 Å². The van der Waals surface area contributed by atoms with Gasteiger partial charge in [0, 0.05) is 0 Å². The van der Waals surface area contributed by atoms with E-state index in [0.29, 0.717) is 24.5 Å². The fourth-order valence-corrected chi connectivity index (χ4v) is 2.56. The van der Waals surface area contributed by atoms with Gasteiger partial charge in [0.05, 0.1) is 0 Å². The van der Waals surface area contributed by atoms with Crippen molar-refractivity contribution in [3.8, 4) is 6.07 Å². The molecule has 0 aliphatic heterocycles. The third-order valence-corrected chi connectivity index (χ3v) is 3.95. The molecule has 1 N–H and O–H groups in total. The number of nitrogens with one attached hydrogen (secondary N) is 1. The summed E-state index contributed by atoms with van der Waals surface area (Å²) in [6, 6.07) is 10.7. The van der Waals surface area contributed by atoms with E-state index in [1.165, 1.54) is 15.2 Å². The number of rotatable bonds is 6. The fourth-order valence-electron chi connectivity index (χ4n) is 2.33. The molecule has 2 aromatic rings. The Morgan fingerprint density at radius 1 is 1.26 bits per heavy atom. The van der Waals surface area contributed by atoms with Gasteiger partial charge >= 0.3 is 143 Å². The van der Waals surface area contributed by atoms with Gasteiger partial charge in [-0.15, -0.1) is 0 Å². The number of nitrogens with zero attached hydrogens (tertiary/aromatic N) is 3. The summed E-state index contributed by atoms with van der Waals surface area (Å²) in [6.07, 6.45) is 0. The number of hydrogen-bond donors (Lipinski definition) is 1. The Morgan fingerprint density at radius 3 is 2.65 bits per heavy atom. The van der Waals surface area contributed by atoms with Crippen molar-refractivity contribution in [2.24, 2.45) is 0 Å². The molecule has 0 spiro atoms. The van der Waals surface area contributed by atoms with Crippen LogP contribution in [0.3, 0.4) is 0 Å². The van der Waals surface area contributed by atoms with Crippen LogP contribution in [0.15, 0.2) is 39.9 Å². The third kappa shape index (κ3) is 3.75. The first-order valence-corrected chi connectivity index (χ1v) is 8.62. The maximum absolute atomic E-state index is 12.6. The van der Waals surface area contributed by atoms with Gasteiger partial charge < -0.3 is 0 Å². The van der Waals surface area contributed by atoms with E-state index >= 15 is 0 Å². The molecule has 2 radical (unpaired) electrons. The van der Waals surface area contributed by atoms with E-state index in [0.717, 1.165) is 10.8 Å². The molecule has 0 bridgehead atoms. The van der Waals surface area contributed by atoms with Crippen LogP contribution in [0, 0.1) is 11.3 Å².